The van der Waals surface area contributed by atoms with Crippen LogP contribution < -0.4 is 10.5 Å². The third-order valence-corrected chi connectivity index (χ3v) is 2.57. The molecule has 0 spiro atoms. The number of unbranched alkanes of at least 4 members (excludes halogenated alkanes) is 1. The minimum atomic E-state index is 0. The van der Waals surface area contributed by atoms with Gasteiger partial charge in [-0.3, -0.25) is 0 Å². The molecule has 0 saturated heterocycles. The third kappa shape index (κ3) is 4.11. The van der Waals surface area contributed by atoms with E-state index in [4.69, 9.17) is 10.5 Å². The molecule has 0 amide bonds. The molecule has 20 heavy (non-hydrogen) atoms. The molecule has 0 bridgehead atoms. The minimum absolute atomic E-state index is 0. The van der Waals surface area contributed by atoms with Gasteiger partial charge in [-0.05, 0) is 20.3 Å². The molecule has 2 aromatic heterocycles. The number of halogens is 2. The Balaban J connectivity index is 0.00000180. The molecule has 0 atom stereocenters. The van der Waals surface area contributed by atoms with Crippen molar-refractivity contribution in [1.82, 2.24) is 20.2 Å². The van der Waals surface area contributed by atoms with Crippen molar-refractivity contribution in [1.29, 1.82) is 0 Å². The van der Waals surface area contributed by atoms with Crippen molar-refractivity contribution in [2.45, 2.75) is 46.1 Å². The average Bonchev–Trinajstić information content (AvgIpc) is 2.75. The molecule has 2 rings (SSSR count). The fraction of sp³-hybridized carbons (Fsp3) is 0.583. The van der Waals surface area contributed by atoms with Gasteiger partial charge in [-0.15, -0.1) is 35.0 Å². The first-order valence-corrected chi connectivity index (χ1v) is 6.29. The summed E-state index contributed by atoms with van der Waals surface area (Å²) in [5.74, 6) is 1.70. The Morgan fingerprint density at radius 3 is 2.55 bits per heavy atom. The van der Waals surface area contributed by atoms with Crippen molar-refractivity contribution in [2.75, 3.05) is 5.73 Å². The second-order valence-electron chi connectivity index (χ2n) is 4.57. The number of hydrogen-bond acceptors (Lipinski definition) is 5. The Morgan fingerprint density at radius 1 is 1.25 bits per heavy atom. The highest BCUT2D eigenvalue weighted by molar-refractivity contribution is 5.87. The van der Waals surface area contributed by atoms with Crippen LogP contribution in [0.3, 0.4) is 0 Å². The van der Waals surface area contributed by atoms with Crippen molar-refractivity contribution >= 4 is 41.7 Å². The topological polar surface area (TPSA) is 89.7 Å². The number of nitrogens with zero attached hydrogens (tertiary/aromatic N) is 3. The minimum Gasteiger partial charge on any atom is -0.472 e. The number of nitrogens with one attached hydrogen (secondary N) is 1. The van der Waals surface area contributed by atoms with Crippen LogP contribution >= 0.6 is 24.8 Å². The van der Waals surface area contributed by atoms with Crippen LogP contribution in [-0.2, 0) is 6.42 Å². The average molecular weight is 322 g/mol. The summed E-state index contributed by atoms with van der Waals surface area (Å²) >= 11 is 0. The lowest BCUT2D eigenvalue weighted by atomic mass is 10.2. The van der Waals surface area contributed by atoms with Gasteiger partial charge >= 0.3 is 0 Å². The number of aromatic nitrogens is 4. The van der Waals surface area contributed by atoms with Crippen molar-refractivity contribution in [3.05, 3.63) is 5.82 Å². The Bertz CT molecular complexity index is 544. The molecule has 0 fully saturated rings. The van der Waals surface area contributed by atoms with Gasteiger partial charge in [0.25, 0.3) is 5.88 Å². The second-order valence-corrected chi connectivity index (χ2v) is 4.57. The fourth-order valence-corrected chi connectivity index (χ4v) is 1.73. The molecular formula is C12H21Cl2N5O. The molecule has 0 radical (unpaired) electrons. The SMILES string of the molecule is CCCCc1nc2c(N)nnc(OC(C)C)c2[nH]1.Cl.Cl. The van der Waals surface area contributed by atoms with Gasteiger partial charge in [0.1, 0.15) is 16.9 Å². The van der Waals surface area contributed by atoms with Gasteiger partial charge < -0.3 is 15.5 Å². The fourth-order valence-electron chi connectivity index (χ4n) is 1.73. The zero-order valence-corrected chi connectivity index (χ0v) is 13.5. The second kappa shape index (κ2) is 8.11. The first-order valence-electron chi connectivity index (χ1n) is 6.29. The van der Waals surface area contributed by atoms with Crippen LogP contribution in [0.5, 0.6) is 5.88 Å². The molecule has 0 saturated carbocycles. The van der Waals surface area contributed by atoms with Gasteiger partial charge in [-0.1, -0.05) is 13.3 Å². The number of aryl methyl sites for hydroxylation is 1. The maximum absolute atomic E-state index is 5.79. The number of imidazole rings is 1. The van der Waals surface area contributed by atoms with Crippen LogP contribution in [0.1, 0.15) is 39.4 Å². The predicted molar refractivity (Wildman–Crippen MR) is 85.0 cm³/mol. The largest absolute Gasteiger partial charge is 0.472 e. The van der Waals surface area contributed by atoms with Crippen molar-refractivity contribution in [2.24, 2.45) is 0 Å². The Kier molecular flexibility index (Phi) is 7.60. The normalized spacial score (nSPS) is 10.2. The highest BCUT2D eigenvalue weighted by Gasteiger charge is 2.14. The number of fused-ring (bicyclic) bond motifs is 1. The predicted octanol–water partition coefficient (Wildman–Crippen LogP) is 2.91. The van der Waals surface area contributed by atoms with Crippen LogP contribution in [0.2, 0.25) is 0 Å². The van der Waals surface area contributed by atoms with E-state index in [1.165, 1.54) is 0 Å². The number of ether oxygens (including phenoxy) is 1. The Hall–Kier alpha value is -1.27. The quantitative estimate of drug-likeness (QED) is 0.883. The van der Waals surface area contributed by atoms with Crippen LogP contribution in [0.25, 0.3) is 11.0 Å². The molecule has 8 heteroatoms. The maximum atomic E-state index is 5.79. The number of anilines is 1. The molecule has 3 N–H and O–H groups in total. The lowest BCUT2D eigenvalue weighted by Gasteiger charge is -2.08. The van der Waals surface area contributed by atoms with E-state index in [9.17, 15) is 0 Å². The van der Waals surface area contributed by atoms with Gasteiger partial charge in [-0.2, -0.15) is 0 Å². The summed E-state index contributed by atoms with van der Waals surface area (Å²) in [6.07, 6.45) is 3.14. The molecular weight excluding hydrogens is 301 g/mol. The third-order valence-electron chi connectivity index (χ3n) is 2.57. The van der Waals surface area contributed by atoms with Gasteiger partial charge in [-0.25, -0.2) is 4.98 Å². The van der Waals surface area contributed by atoms with Crippen LogP contribution in [-0.4, -0.2) is 26.3 Å². The molecule has 6 nitrogen and oxygen atoms in total. The van der Waals surface area contributed by atoms with Gasteiger partial charge in [0.15, 0.2) is 5.82 Å². The number of rotatable bonds is 5. The highest BCUT2D eigenvalue weighted by Crippen LogP contribution is 2.25. The van der Waals surface area contributed by atoms with E-state index in [1.807, 2.05) is 13.8 Å². The first kappa shape index (κ1) is 18.7. The lowest BCUT2D eigenvalue weighted by molar-refractivity contribution is 0.233. The zero-order valence-electron chi connectivity index (χ0n) is 11.8. The van der Waals surface area contributed by atoms with E-state index in [2.05, 4.69) is 27.1 Å². The standard InChI is InChI=1S/C12H19N5O.2ClH/c1-4-5-6-8-14-9-10(15-8)12(18-7(2)3)17-16-11(9)13;;/h7H,4-6H2,1-3H3,(H2,13,16)(H,14,15);2*1H. The van der Waals surface area contributed by atoms with E-state index < -0.39 is 0 Å². The van der Waals surface area contributed by atoms with Crippen molar-refractivity contribution in [3.63, 3.8) is 0 Å². The summed E-state index contributed by atoms with van der Waals surface area (Å²) < 4.78 is 5.60. The van der Waals surface area contributed by atoms with E-state index in [0.29, 0.717) is 17.2 Å². The zero-order chi connectivity index (χ0) is 13.1. The van der Waals surface area contributed by atoms with Gasteiger partial charge in [0, 0.05) is 6.42 Å². The molecule has 0 aliphatic rings. The monoisotopic (exact) mass is 321 g/mol. The van der Waals surface area contributed by atoms with Gasteiger partial charge in [0.05, 0.1) is 6.10 Å². The summed E-state index contributed by atoms with van der Waals surface area (Å²) in [5, 5.41) is 7.85. The highest BCUT2D eigenvalue weighted by atomic mass is 35.5. The molecule has 2 aromatic rings. The van der Waals surface area contributed by atoms with E-state index in [-0.39, 0.29) is 30.9 Å². The summed E-state index contributed by atoms with van der Waals surface area (Å²) in [5.41, 5.74) is 7.17. The summed E-state index contributed by atoms with van der Waals surface area (Å²) in [7, 11) is 0. The molecule has 114 valence electrons. The summed E-state index contributed by atoms with van der Waals surface area (Å²) in [6.45, 7) is 6.03. The molecule has 0 aromatic carbocycles. The van der Waals surface area contributed by atoms with Crippen LogP contribution in [0.4, 0.5) is 5.82 Å². The summed E-state index contributed by atoms with van der Waals surface area (Å²) in [6, 6.07) is 0. The lowest BCUT2D eigenvalue weighted by Crippen LogP contribution is -2.08. The molecule has 0 aliphatic heterocycles. The van der Waals surface area contributed by atoms with Crippen molar-refractivity contribution < 1.29 is 4.74 Å². The number of aromatic amines is 1. The smallest absolute Gasteiger partial charge is 0.260 e. The van der Waals surface area contributed by atoms with Crippen LogP contribution in [0, 0.1) is 0 Å². The van der Waals surface area contributed by atoms with E-state index in [0.717, 1.165) is 30.6 Å². The van der Waals surface area contributed by atoms with E-state index >= 15 is 0 Å². The molecule has 0 unspecified atom stereocenters. The number of nitrogens with two attached hydrogens (primary N) is 1. The number of nitrogen functional groups attached to an aromatic ring is 1. The first-order chi connectivity index (χ1) is 8.61. The maximum Gasteiger partial charge on any atom is 0.260 e. The van der Waals surface area contributed by atoms with E-state index in [1.54, 1.807) is 0 Å². The number of H-pyrrole nitrogens is 1. The Morgan fingerprint density at radius 2 is 1.95 bits per heavy atom. The van der Waals surface area contributed by atoms with Gasteiger partial charge in [0.2, 0.25) is 0 Å². The van der Waals surface area contributed by atoms with Crippen LogP contribution in [0.15, 0.2) is 0 Å². The van der Waals surface area contributed by atoms with Crippen molar-refractivity contribution in [3.8, 4) is 5.88 Å². The summed E-state index contributed by atoms with van der Waals surface area (Å²) in [4.78, 5) is 7.68. The molecule has 0 aliphatic carbocycles. The number of hydrogen-bond donors (Lipinski definition) is 2. The Labute approximate surface area is 130 Å². The molecule has 2 heterocycles.